The summed E-state index contributed by atoms with van der Waals surface area (Å²) in [6, 6.07) is 0. The topological polar surface area (TPSA) is 87.6 Å². The van der Waals surface area contributed by atoms with Crippen molar-refractivity contribution in [1.29, 1.82) is 0 Å². The van der Waals surface area contributed by atoms with Gasteiger partial charge in [-0.05, 0) is 6.92 Å². The minimum atomic E-state index is -2.41. The van der Waals surface area contributed by atoms with E-state index in [1.54, 1.807) is 6.92 Å². The van der Waals surface area contributed by atoms with Gasteiger partial charge in [-0.1, -0.05) is 0 Å². The van der Waals surface area contributed by atoms with Crippen molar-refractivity contribution in [3.63, 3.8) is 0 Å². The lowest BCUT2D eigenvalue weighted by molar-refractivity contribution is 0.183. The monoisotopic (exact) mass is 168 g/mol. The maximum Gasteiger partial charge on any atom is 0.320 e. The standard InChI is InChI=1S/C4H13N2O3P/c1-4(6)9-10(7)8-3-2-5/h4,10H,2-3,5-6H2,1H3. The summed E-state index contributed by atoms with van der Waals surface area (Å²) in [4.78, 5) is 0. The van der Waals surface area contributed by atoms with E-state index in [9.17, 15) is 4.57 Å². The molecule has 0 aromatic heterocycles. The lowest BCUT2D eigenvalue weighted by Crippen LogP contribution is -2.16. The van der Waals surface area contributed by atoms with E-state index < -0.39 is 14.5 Å². The van der Waals surface area contributed by atoms with Crippen molar-refractivity contribution in [2.75, 3.05) is 13.2 Å². The zero-order valence-corrected chi connectivity index (χ0v) is 6.87. The summed E-state index contributed by atoms with van der Waals surface area (Å²) < 4.78 is 19.8. The normalized spacial score (nSPS) is 16.7. The van der Waals surface area contributed by atoms with Gasteiger partial charge in [0.2, 0.25) is 0 Å². The fourth-order valence-electron chi connectivity index (χ4n) is 0.328. The second kappa shape index (κ2) is 5.82. The van der Waals surface area contributed by atoms with Crippen LogP contribution >= 0.6 is 8.25 Å². The molecule has 0 heterocycles. The van der Waals surface area contributed by atoms with Gasteiger partial charge in [-0.25, -0.2) is 0 Å². The van der Waals surface area contributed by atoms with Crippen LogP contribution in [-0.2, 0) is 13.6 Å². The van der Waals surface area contributed by atoms with Crippen molar-refractivity contribution in [2.45, 2.75) is 13.2 Å². The molecule has 0 aromatic rings. The second-order valence-corrected chi connectivity index (χ2v) is 2.73. The molecule has 0 aliphatic rings. The molecule has 4 N–H and O–H groups in total. The smallest absolute Gasteiger partial charge is 0.320 e. The SMILES string of the molecule is CC(N)O[PH](=O)OCCN. The third-order valence-electron chi connectivity index (χ3n) is 0.620. The van der Waals surface area contributed by atoms with Crippen LogP contribution < -0.4 is 11.5 Å². The summed E-state index contributed by atoms with van der Waals surface area (Å²) in [5, 5.41) is 0. The second-order valence-electron chi connectivity index (χ2n) is 1.71. The largest absolute Gasteiger partial charge is 0.328 e. The van der Waals surface area contributed by atoms with E-state index in [1.165, 1.54) is 0 Å². The molecular formula is C4H13N2O3P. The third kappa shape index (κ3) is 6.19. The Kier molecular flexibility index (Phi) is 5.87. The maximum absolute atomic E-state index is 10.6. The molecule has 0 aliphatic heterocycles. The van der Waals surface area contributed by atoms with Gasteiger partial charge < -0.3 is 16.0 Å². The molecule has 0 fully saturated rings. The highest BCUT2D eigenvalue weighted by molar-refractivity contribution is 7.33. The lowest BCUT2D eigenvalue weighted by Gasteiger charge is -2.06. The van der Waals surface area contributed by atoms with Gasteiger partial charge in [0.05, 0.1) is 6.61 Å². The Morgan fingerprint density at radius 2 is 2.30 bits per heavy atom. The Morgan fingerprint density at radius 3 is 2.70 bits per heavy atom. The van der Waals surface area contributed by atoms with Crippen molar-refractivity contribution >= 4 is 8.25 Å². The van der Waals surface area contributed by atoms with Crippen molar-refractivity contribution in [1.82, 2.24) is 0 Å². The maximum atomic E-state index is 10.6. The van der Waals surface area contributed by atoms with Crippen LogP contribution in [-0.4, -0.2) is 19.4 Å². The molecule has 0 radical (unpaired) electrons. The van der Waals surface area contributed by atoms with E-state index >= 15 is 0 Å². The van der Waals surface area contributed by atoms with Gasteiger partial charge >= 0.3 is 8.25 Å². The highest BCUT2D eigenvalue weighted by atomic mass is 31.1. The molecule has 2 unspecified atom stereocenters. The first-order valence-electron chi connectivity index (χ1n) is 2.96. The predicted molar refractivity (Wildman–Crippen MR) is 38.7 cm³/mol. The molecule has 0 aliphatic carbocycles. The number of rotatable bonds is 5. The Labute approximate surface area is 60.6 Å². The average Bonchev–Trinajstić information content (AvgIpc) is 1.82. The van der Waals surface area contributed by atoms with Gasteiger partial charge in [-0.2, -0.15) is 0 Å². The van der Waals surface area contributed by atoms with Gasteiger partial charge in [-0.15, -0.1) is 0 Å². The number of hydrogen-bond acceptors (Lipinski definition) is 5. The molecule has 62 valence electrons. The van der Waals surface area contributed by atoms with Crippen LogP contribution in [0.3, 0.4) is 0 Å². The Morgan fingerprint density at radius 1 is 1.70 bits per heavy atom. The van der Waals surface area contributed by atoms with E-state index in [2.05, 4.69) is 9.05 Å². The summed E-state index contributed by atoms with van der Waals surface area (Å²) in [7, 11) is -2.41. The number of hydrogen-bond donors (Lipinski definition) is 2. The first-order chi connectivity index (χ1) is 4.66. The third-order valence-corrected chi connectivity index (χ3v) is 1.62. The molecule has 5 nitrogen and oxygen atoms in total. The Balaban J connectivity index is 3.26. The van der Waals surface area contributed by atoms with E-state index in [4.69, 9.17) is 11.5 Å². The zero-order chi connectivity index (χ0) is 7.98. The predicted octanol–water partition coefficient (Wildman–Crippen LogP) is -0.327. The van der Waals surface area contributed by atoms with Gasteiger partial charge in [0.1, 0.15) is 6.23 Å². The van der Waals surface area contributed by atoms with Crippen LogP contribution in [0, 0.1) is 0 Å². The van der Waals surface area contributed by atoms with Gasteiger partial charge in [0.15, 0.2) is 0 Å². The van der Waals surface area contributed by atoms with Crippen molar-refractivity contribution in [2.24, 2.45) is 11.5 Å². The molecule has 10 heavy (non-hydrogen) atoms. The summed E-state index contributed by atoms with van der Waals surface area (Å²) in [5.41, 5.74) is 10.2. The average molecular weight is 168 g/mol. The molecule has 0 rings (SSSR count). The molecule has 0 saturated heterocycles. The van der Waals surface area contributed by atoms with Crippen LogP contribution in [0.15, 0.2) is 0 Å². The molecule has 6 heteroatoms. The first kappa shape index (κ1) is 10.1. The van der Waals surface area contributed by atoms with Gasteiger partial charge in [-0.3, -0.25) is 9.09 Å². The molecule has 0 aromatic carbocycles. The fraction of sp³-hybridized carbons (Fsp3) is 1.00. The molecule has 2 atom stereocenters. The summed E-state index contributed by atoms with van der Waals surface area (Å²) in [5.74, 6) is 0. The quantitative estimate of drug-likeness (QED) is 0.433. The van der Waals surface area contributed by atoms with Crippen LogP contribution in [0.25, 0.3) is 0 Å². The number of nitrogens with two attached hydrogens (primary N) is 2. The molecule has 0 amide bonds. The van der Waals surface area contributed by atoms with Crippen molar-refractivity contribution < 1.29 is 13.6 Å². The minimum Gasteiger partial charge on any atom is -0.328 e. The molecular weight excluding hydrogens is 155 g/mol. The van der Waals surface area contributed by atoms with Crippen LogP contribution in [0.2, 0.25) is 0 Å². The summed E-state index contributed by atoms with van der Waals surface area (Å²) >= 11 is 0. The summed E-state index contributed by atoms with van der Waals surface area (Å²) in [6.07, 6.45) is -0.552. The van der Waals surface area contributed by atoms with E-state index in [1.807, 2.05) is 0 Å². The van der Waals surface area contributed by atoms with Crippen molar-refractivity contribution in [3.05, 3.63) is 0 Å². The van der Waals surface area contributed by atoms with Crippen LogP contribution in [0.4, 0.5) is 0 Å². The Bertz CT molecular complexity index is 109. The van der Waals surface area contributed by atoms with Gasteiger partial charge in [0.25, 0.3) is 0 Å². The van der Waals surface area contributed by atoms with Crippen LogP contribution in [0.5, 0.6) is 0 Å². The highest BCUT2D eigenvalue weighted by Crippen LogP contribution is 2.23. The minimum absolute atomic E-state index is 0.241. The molecule has 0 spiro atoms. The van der Waals surface area contributed by atoms with E-state index in [0.717, 1.165) is 0 Å². The fourth-order valence-corrected chi connectivity index (χ4v) is 0.984. The highest BCUT2D eigenvalue weighted by Gasteiger charge is 2.00. The molecule has 0 saturated carbocycles. The summed E-state index contributed by atoms with van der Waals surface area (Å²) in [6.45, 7) is 2.15. The van der Waals surface area contributed by atoms with Crippen molar-refractivity contribution in [3.8, 4) is 0 Å². The molecule has 0 bridgehead atoms. The lowest BCUT2D eigenvalue weighted by atomic mass is 10.7. The van der Waals surface area contributed by atoms with E-state index in [-0.39, 0.29) is 6.61 Å². The zero-order valence-electron chi connectivity index (χ0n) is 5.87. The first-order valence-corrected chi connectivity index (χ1v) is 4.18. The Hall–Kier alpha value is 0.0700. The van der Waals surface area contributed by atoms with Gasteiger partial charge in [0, 0.05) is 6.54 Å². The van der Waals surface area contributed by atoms with Crippen LogP contribution in [0.1, 0.15) is 6.92 Å². The van der Waals surface area contributed by atoms with E-state index in [0.29, 0.717) is 6.54 Å².